The summed E-state index contributed by atoms with van der Waals surface area (Å²) < 4.78 is 126. The lowest BCUT2D eigenvalue weighted by Crippen LogP contribution is -2.55. The van der Waals surface area contributed by atoms with Crippen LogP contribution < -0.4 is 4.13 Å². The van der Waals surface area contributed by atoms with Crippen molar-refractivity contribution in [2.75, 3.05) is 0 Å². The highest BCUT2D eigenvalue weighted by Crippen LogP contribution is 2.57. The molecule has 11 unspecified atom stereocenters. The minimum Gasteiger partial charge on any atom is -0.458 e. The van der Waals surface area contributed by atoms with Gasteiger partial charge in [-0.15, -0.1) is 0 Å². The van der Waals surface area contributed by atoms with Crippen molar-refractivity contribution in [1.29, 1.82) is 0 Å². The summed E-state index contributed by atoms with van der Waals surface area (Å²) >= 11 is 0. The normalized spacial score (nSPS) is 42.2. The molecule has 6 rings (SSSR count). The van der Waals surface area contributed by atoms with E-state index in [0.29, 0.717) is 6.42 Å². The number of aliphatic hydroxyl groups is 1. The molecule has 4 bridgehead atoms. The van der Waals surface area contributed by atoms with E-state index >= 15 is 0 Å². The summed E-state index contributed by atoms with van der Waals surface area (Å²) in [6.07, 6.45) is -5.12. The van der Waals surface area contributed by atoms with Crippen molar-refractivity contribution >= 4 is 38.0 Å². The molecule has 2 N–H and O–H groups in total. The number of carbonyl (C=O) groups excluding carboxylic acids is 3. The predicted molar refractivity (Wildman–Crippen MR) is 111 cm³/mol. The highest BCUT2D eigenvalue weighted by atomic mass is 32.3. The molecule has 0 aromatic carbocycles. The van der Waals surface area contributed by atoms with Crippen molar-refractivity contribution in [3.05, 3.63) is 0 Å². The Kier molecular flexibility index (Phi) is 5.72. The SMILES string of the molecule is O=C1OC2C3CC(CC13)C2OC(=O)C(F)(F)S(=O)(=O)NS(=O)(=O)C(F)(F)C(=O)OC1C2CC3C(O)OC1C3C2. The van der Waals surface area contributed by atoms with E-state index in [2.05, 4.69) is 9.47 Å². The van der Waals surface area contributed by atoms with E-state index in [4.69, 9.17) is 9.47 Å². The van der Waals surface area contributed by atoms with Gasteiger partial charge in [0.25, 0.3) is 0 Å². The fraction of sp³-hybridized carbons (Fsp3) is 0.850. The predicted octanol–water partition coefficient (Wildman–Crippen LogP) is -0.801. The van der Waals surface area contributed by atoms with E-state index in [1.54, 1.807) is 0 Å². The lowest BCUT2D eigenvalue weighted by atomic mass is 9.87. The van der Waals surface area contributed by atoms with Crippen LogP contribution in [0.5, 0.6) is 0 Å². The maximum Gasteiger partial charge on any atom is 0.455 e. The molecule has 0 amide bonds. The van der Waals surface area contributed by atoms with Crippen LogP contribution in [0.25, 0.3) is 0 Å². The van der Waals surface area contributed by atoms with E-state index in [1.807, 2.05) is 0 Å². The first-order valence-corrected chi connectivity index (χ1v) is 14.9. The summed E-state index contributed by atoms with van der Waals surface area (Å²) in [5.74, 6) is -8.85. The average Bonchev–Trinajstić information content (AvgIpc) is 3.62. The number of hydrogen-bond donors (Lipinski definition) is 2. The fourth-order valence-corrected chi connectivity index (χ4v) is 9.68. The quantitative estimate of drug-likeness (QED) is 0.199. The first-order valence-electron chi connectivity index (χ1n) is 12.0. The molecular formula is C20H21F4NO12S2. The zero-order chi connectivity index (χ0) is 28.4. The molecule has 2 heterocycles. The van der Waals surface area contributed by atoms with Gasteiger partial charge in [0.2, 0.25) is 0 Å². The van der Waals surface area contributed by atoms with Crippen LogP contribution >= 0.6 is 0 Å². The van der Waals surface area contributed by atoms with Gasteiger partial charge < -0.3 is 24.1 Å². The zero-order valence-corrected chi connectivity index (χ0v) is 21.1. The maximum atomic E-state index is 14.6. The van der Waals surface area contributed by atoms with Crippen LogP contribution in [0.15, 0.2) is 0 Å². The second kappa shape index (κ2) is 8.23. The summed E-state index contributed by atoms with van der Waals surface area (Å²) in [6, 6.07) is 0. The summed E-state index contributed by atoms with van der Waals surface area (Å²) in [7, 11) is -13.5. The smallest absolute Gasteiger partial charge is 0.455 e. The largest absolute Gasteiger partial charge is 0.458 e. The van der Waals surface area contributed by atoms with E-state index in [9.17, 15) is 53.9 Å². The zero-order valence-electron chi connectivity index (χ0n) is 19.4. The summed E-state index contributed by atoms with van der Waals surface area (Å²) in [6.45, 7) is 0. The molecule has 0 aromatic rings. The molecule has 19 heteroatoms. The van der Waals surface area contributed by atoms with Crippen molar-refractivity contribution in [2.24, 2.45) is 35.5 Å². The minimum atomic E-state index is -6.76. The highest BCUT2D eigenvalue weighted by molar-refractivity contribution is 8.06. The Morgan fingerprint density at radius 2 is 1.31 bits per heavy atom. The lowest BCUT2D eigenvalue weighted by molar-refractivity contribution is -0.180. The van der Waals surface area contributed by atoms with Crippen LogP contribution in [-0.4, -0.2) is 81.1 Å². The van der Waals surface area contributed by atoms with Gasteiger partial charge in [-0.3, -0.25) is 4.79 Å². The Morgan fingerprint density at radius 3 is 1.90 bits per heavy atom. The topological polar surface area (TPSA) is 189 Å². The van der Waals surface area contributed by atoms with Crippen LogP contribution in [0.2, 0.25) is 0 Å². The molecular weight excluding hydrogens is 586 g/mol. The first kappa shape index (κ1) is 27.1. The van der Waals surface area contributed by atoms with Gasteiger partial charge in [-0.25, -0.2) is 26.4 Å². The monoisotopic (exact) mass is 607 g/mol. The molecule has 0 spiro atoms. The molecule has 4 saturated carbocycles. The van der Waals surface area contributed by atoms with Crippen molar-refractivity contribution in [3.8, 4) is 0 Å². The van der Waals surface area contributed by atoms with Crippen LogP contribution in [0.4, 0.5) is 17.6 Å². The summed E-state index contributed by atoms with van der Waals surface area (Å²) in [4.78, 5) is 36.1. The Hall–Kier alpha value is -2.09. The Morgan fingerprint density at radius 1 is 0.821 bits per heavy atom. The summed E-state index contributed by atoms with van der Waals surface area (Å²) in [5, 5.41) is -1.55. The molecule has 6 fully saturated rings. The molecule has 11 atom stereocenters. The van der Waals surface area contributed by atoms with Crippen molar-refractivity contribution in [1.82, 2.24) is 4.13 Å². The highest BCUT2D eigenvalue weighted by Gasteiger charge is 2.68. The maximum absolute atomic E-state index is 14.6. The van der Waals surface area contributed by atoms with Crippen molar-refractivity contribution in [3.63, 3.8) is 0 Å². The van der Waals surface area contributed by atoms with Gasteiger partial charge in [0.05, 0.1) is 5.92 Å². The molecule has 13 nitrogen and oxygen atoms in total. The number of fused-ring (bicyclic) bond motifs is 2. The van der Waals surface area contributed by atoms with Gasteiger partial charge in [0.1, 0.15) is 24.4 Å². The third-order valence-electron chi connectivity index (χ3n) is 8.84. The Labute approximate surface area is 217 Å². The number of ether oxygens (including phenoxy) is 4. The molecule has 218 valence electrons. The van der Waals surface area contributed by atoms with E-state index in [-0.39, 0.29) is 35.2 Å². The van der Waals surface area contributed by atoms with Gasteiger partial charge in [-0.05, 0) is 37.5 Å². The average molecular weight is 608 g/mol. The third kappa shape index (κ3) is 3.68. The van der Waals surface area contributed by atoms with Crippen LogP contribution in [0, 0.1) is 35.5 Å². The van der Waals surface area contributed by atoms with Crippen molar-refractivity contribution in [2.45, 2.75) is 66.9 Å². The van der Waals surface area contributed by atoms with Crippen molar-refractivity contribution < 1.29 is 72.8 Å². The number of nitrogens with one attached hydrogen (secondary N) is 1. The second-order valence-electron chi connectivity index (χ2n) is 10.8. The number of carbonyl (C=O) groups is 3. The number of hydrogen-bond acceptors (Lipinski definition) is 12. The Balaban J connectivity index is 1.13. The van der Waals surface area contributed by atoms with Crippen LogP contribution in [0.3, 0.4) is 0 Å². The van der Waals surface area contributed by atoms with Gasteiger partial charge in [-0.2, -0.15) is 17.6 Å². The molecule has 2 aliphatic heterocycles. The first-order chi connectivity index (χ1) is 18.0. The van der Waals surface area contributed by atoms with Crippen LogP contribution in [-0.2, 0) is 53.4 Å². The number of sulfonamides is 2. The standard InChI is InChI=1S/C20H21F4NO12S2/c21-19(22,17(28)36-11-5-1-7-9(3-5)15(26)34-13(7)11)38(30,31)25-39(32,33)20(23,24)18(29)37-12-6-2-8-10(4-6)16(27)35-14(8)12/h5-15,25-26H,1-4H2. The lowest BCUT2D eigenvalue weighted by Gasteiger charge is -2.28. The molecule has 0 radical (unpaired) electrons. The van der Waals surface area contributed by atoms with E-state index < -0.39 is 103 Å². The molecule has 4 aliphatic carbocycles. The summed E-state index contributed by atoms with van der Waals surface area (Å²) in [5.41, 5.74) is 0. The minimum absolute atomic E-state index is 0.0599. The van der Waals surface area contributed by atoms with Gasteiger partial charge >= 0.3 is 48.5 Å². The number of alkyl halides is 4. The van der Waals surface area contributed by atoms with E-state index in [0.717, 1.165) is 0 Å². The fourth-order valence-electron chi connectivity index (χ4n) is 7.15. The molecule has 2 saturated heterocycles. The Bertz CT molecular complexity index is 1360. The number of halogens is 4. The van der Waals surface area contributed by atoms with Gasteiger partial charge in [0, 0.05) is 17.8 Å². The van der Waals surface area contributed by atoms with Gasteiger partial charge in [-0.1, -0.05) is 4.13 Å². The number of rotatable bonds is 8. The molecule has 0 aromatic heterocycles. The van der Waals surface area contributed by atoms with E-state index in [1.165, 1.54) is 0 Å². The molecule has 39 heavy (non-hydrogen) atoms. The van der Waals surface area contributed by atoms with Crippen LogP contribution in [0.1, 0.15) is 25.7 Å². The third-order valence-corrected chi connectivity index (χ3v) is 12.3. The number of aliphatic hydroxyl groups excluding tert-OH is 1. The second-order valence-corrected chi connectivity index (χ2v) is 14.5. The van der Waals surface area contributed by atoms with Gasteiger partial charge in [0.15, 0.2) is 6.29 Å². The number of esters is 3. The molecule has 6 aliphatic rings.